The lowest BCUT2D eigenvalue weighted by Gasteiger charge is -2.05. The van der Waals surface area contributed by atoms with E-state index < -0.39 is 52.9 Å². The van der Waals surface area contributed by atoms with Crippen molar-refractivity contribution in [3.8, 4) is 5.69 Å². The number of fused-ring (bicyclic) bond motifs is 1. The zero-order valence-corrected chi connectivity index (χ0v) is 13.0. The van der Waals surface area contributed by atoms with Crippen LogP contribution >= 0.6 is 11.5 Å². The Morgan fingerprint density at radius 1 is 0.958 bits per heavy atom. The normalized spacial score (nSPS) is 15.1. The molecule has 0 N–H and O–H groups in total. The molecule has 0 aliphatic rings. The minimum absolute atomic E-state index is 0.0183. The largest absolute Gasteiger partial charge is 0.346 e. The molecular formula is C19H14N2O2S. The Kier molecular flexibility index (Phi) is 2.18. The van der Waals surface area contributed by atoms with E-state index in [-0.39, 0.29) is 23.0 Å². The molecule has 4 rings (SSSR count). The third kappa shape index (κ3) is 2.49. The summed E-state index contributed by atoms with van der Waals surface area (Å²) >= 11 is 0.476. The summed E-state index contributed by atoms with van der Waals surface area (Å²) in [6.07, 6.45) is 0. The quantitative estimate of drug-likeness (QED) is 0.574. The van der Waals surface area contributed by atoms with Gasteiger partial charge in [0.15, 0.2) is 0 Å². The van der Waals surface area contributed by atoms with Crippen LogP contribution in [0.25, 0.3) is 16.5 Å². The summed E-state index contributed by atoms with van der Waals surface area (Å²) in [6.45, 7) is -0.0183. The van der Waals surface area contributed by atoms with Gasteiger partial charge in [-0.05, 0) is 17.0 Å². The lowest BCUT2D eigenvalue weighted by Crippen LogP contribution is -2.28. The number of aromatic nitrogens is 2. The van der Waals surface area contributed by atoms with Crippen molar-refractivity contribution in [3.05, 3.63) is 98.3 Å². The molecule has 0 radical (unpaired) electrons. The summed E-state index contributed by atoms with van der Waals surface area (Å²) < 4.78 is 58.6. The van der Waals surface area contributed by atoms with E-state index in [4.69, 9.17) is 9.60 Å². The van der Waals surface area contributed by atoms with Crippen molar-refractivity contribution in [2.75, 3.05) is 0 Å². The van der Waals surface area contributed by atoms with Gasteiger partial charge in [0.25, 0.3) is 0 Å². The van der Waals surface area contributed by atoms with Crippen molar-refractivity contribution in [2.45, 2.75) is 6.54 Å². The van der Waals surface area contributed by atoms with Gasteiger partial charge in [-0.3, -0.25) is 4.79 Å². The first-order chi connectivity index (χ1) is 14.6. The molecule has 0 saturated heterocycles. The Hall–Kier alpha value is -2.92. The molecule has 118 valence electrons. The van der Waals surface area contributed by atoms with E-state index in [2.05, 4.69) is 0 Å². The van der Waals surface area contributed by atoms with Crippen LogP contribution in [0.15, 0.2) is 82.2 Å². The highest BCUT2D eigenvalue weighted by atomic mass is 32.1. The number of nitrogens with zero attached hydrogens (tertiary/aromatic N) is 2. The van der Waals surface area contributed by atoms with Gasteiger partial charge in [-0.25, -0.2) is 13.3 Å². The molecule has 0 bridgehead atoms. The van der Waals surface area contributed by atoms with Gasteiger partial charge in [0.2, 0.25) is 0 Å². The van der Waals surface area contributed by atoms with Crippen LogP contribution in [0.2, 0.25) is 0 Å². The van der Waals surface area contributed by atoms with Crippen LogP contribution in [-0.2, 0) is 6.54 Å². The summed E-state index contributed by atoms with van der Waals surface area (Å²) in [5.41, 5.74) is -0.396. The van der Waals surface area contributed by atoms with Crippen LogP contribution in [0.4, 0.5) is 0 Å². The Morgan fingerprint density at radius 3 is 2.54 bits per heavy atom. The van der Waals surface area contributed by atoms with Crippen LogP contribution in [0, 0.1) is 0 Å². The molecule has 5 heteroatoms. The zero-order chi connectivity index (χ0) is 22.6. The third-order valence-corrected chi connectivity index (χ3v) is 4.37. The summed E-state index contributed by atoms with van der Waals surface area (Å²) in [5, 5.41) is -0.517. The number of hydrogen-bond donors (Lipinski definition) is 0. The lowest BCUT2D eigenvalue weighted by molar-refractivity contribution is 0.723. The highest BCUT2D eigenvalue weighted by molar-refractivity contribution is 7.04. The fraction of sp³-hybridized carbons (Fsp3) is 0.0526. The molecule has 0 atom stereocenters. The van der Waals surface area contributed by atoms with Crippen LogP contribution in [0.1, 0.15) is 15.2 Å². The summed E-state index contributed by atoms with van der Waals surface area (Å²) in [5.74, 6) is 0. The summed E-state index contributed by atoms with van der Waals surface area (Å²) in [6, 6.07) is 4.81. The van der Waals surface area contributed by atoms with E-state index in [1.165, 1.54) is 0 Å². The van der Waals surface area contributed by atoms with E-state index >= 15 is 0 Å². The van der Waals surface area contributed by atoms with Crippen molar-refractivity contribution < 1.29 is 9.60 Å². The maximum atomic E-state index is 13.1. The third-order valence-electron chi connectivity index (χ3n) is 3.47. The van der Waals surface area contributed by atoms with Crippen molar-refractivity contribution in [1.82, 2.24) is 8.52 Å². The first kappa shape index (κ1) is 8.80. The fourth-order valence-corrected chi connectivity index (χ4v) is 3.15. The van der Waals surface area contributed by atoms with Crippen LogP contribution in [0.3, 0.4) is 0 Å². The van der Waals surface area contributed by atoms with E-state index in [0.717, 1.165) is 8.52 Å². The van der Waals surface area contributed by atoms with Gasteiger partial charge in [0.1, 0.15) is 0 Å². The predicted molar refractivity (Wildman–Crippen MR) is 97.2 cm³/mol. The maximum Gasteiger partial charge on any atom is 0.346 e. The second-order valence-corrected chi connectivity index (χ2v) is 5.88. The fourth-order valence-electron chi connectivity index (χ4n) is 2.35. The average molecular weight is 341 g/mol. The number of rotatable bonds is 3. The first-order valence-electron chi connectivity index (χ1n) is 10.5. The van der Waals surface area contributed by atoms with Gasteiger partial charge in [0, 0.05) is 16.9 Å². The van der Waals surface area contributed by atoms with Gasteiger partial charge in [0.05, 0.1) is 21.8 Å². The highest BCUT2D eigenvalue weighted by Crippen LogP contribution is 2.21. The topological polar surface area (TPSA) is 44.0 Å². The molecule has 4 aromatic rings. The molecule has 3 aromatic carbocycles. The minimum Gasteiger partial charge on any atom is -0.255 e. The maximum absolute atomic E-state index is 13.1. The molecule has 1 heterocycles. The summed E-state index contributed by atoms with van der Waals surface area (Å²) in [7, 11) is 0. The second-order valence-electron chi connectivity index (χ2n) is 4.98. The minimum atomic E-state index is -0.793. The molecule has 0 amide bonds. The summed E-state index contributed by atoms with van der Waals surface area (Å²) in [4.78, 5) is 25.0. The molecule has 0 aliphatic heterocycles. The smallest absolute Gasteiger partial charge is 0.255 e. The zero-order valence-electron chi connectivity index (χ0n) is 19.2. The van der Waals surface area contributed by atoms with Crippen molar-refractivity contribution in [2.24, 2.45) is 0 Å². The number of hydrogen-bond acceptors (Lipinski definition) is 3. The van der Waals surface area contributed by atoms with Crippen LogP contribution in [-0.4, -0.2) is 8.52 Å². The van der Waals surface area contributed by atoms with E-state index in [1.54, 1.807) is 30.3 Å². The van der Waals surface area contributed by atoms with Crippen molar-refractivity contribution in [3.63, 3.8) is 0 Å². The average Bonchev–Trinajstić information content (AvgIpc) is 3.03. The van der Waals surface area contributed by atoms with E-state index in [0.29, 0.717) is 17.1 Å². The van der Waals surface area contributed by atoms with Gasteiger partial charge >= 0.3 is 10.6 Å². The molecule has 1 aromatic heterocycles. The predicted octanol–water partition coefficient (Wildman–Crippen LogP) is 3.26. The van der Waals surface area contributed by atoms with Crippen molar-refractivity contribution >= 4 is 22.3 Å². The van der Waals surface area contributed by atoms with Gasteiger partial charge in [-0.2, -0.15) is 0 Å². The lowest BCUT2D eigenvalue weighted by atomic mass is 10.1. The molecule has 0 saturated carbocycles. The molecule has 4 nitrogen and oxygen atoms in total. The van der Waals surface area contributed by atoms with Crippen LogP contribution < -0.4 is 10.6 Å². The van der Waals surface area contributed by atoms with Crippen LogP contribution in [0.5, 0.6) is 0 Å². The number of benzene rings is 3. The Morgan fingerprint density at radius 2 is 1.71 bits per heavy atom. The molecule has 0 aliphatic carbocycles. The van der Waals surface area contributed by atoms with Gasteiger partial charge < -0.3 is 0 Å². The second kappa shape index (κ2) is 5.94. The van der Waals surface area contributed by atoms with Gasteiger partial charge in [-0.1, -0.05) is 66.6 Å². The first-order valence-corrected chi connectivity index (χ1v) is 7.79. The van der Waals surface area contributed by atoms with Crippen molar-refractivity contribution in [1.29, 1.82) is 0 Å². The Balaban J connectivity index is 2.10. The molecule has 24 heavy (non-hydrogen) atoms. The molecule has 0 unspecified atom stereocenters. The molecular weight excluding hydrogens is 320 g/mol. The standard InChI is InChI=1S/C19H14N2O2S/c22-18-20(13-14-7-2-1-3-8-14)19(23)24-21(18)17-12-6-10-15-9-4-5-11-16(15)17/h1-12H,13H2/i4D,5D,6D,9D,10D,11D,12D. The molecule has 0 fully saturated rings. The monoisotopic (exact) mass is 341 g/mol. The highest BCUT2D eigenvalue weighted by Gasteiger charge is 2.13. The molecule has 0 spiro atoms. The SMILES string of the molecule is [2H]c1c([2H])c([2H])c2c(-n3sc(=O)n(Cc4ccccc4)c3=O)c([2H])c([2H])c([2H])c2c1[2H]. The van der Waals surface area contributed by atoms with E-state index in [1.807, 2.05) is 0 Å². The Bertz CT molecular complexity index is 1470. The van der Waals surface area contributed by atoms with Gasteiger partial charge in [-0.15, -0.1) is 0 Å². The van der Waals surface area contributed by atoms with E-state index in [9.17, 15) is 9.59 Å². The Labute approximate surface area is 151 Å².